The molecule has 0 bridgehead atoms. The summed E-state index contributed by atoms with van der Waals surface area (Å²) in [5.74, 6) is -0.923. The van der Waals surface area contributed by atoms with Crippen molar-refractivity contribution in [2.45, 2.75) is 40.8 Å². The molecule has 1 amide bonds. The first-order valence-corrected chi connectivity index (χ1v) is 10.3. The third-order valence-electron chi connectivity index (χ3n) is 5.00. The minimum atomic E-state index is -0.552. The van der Waals surface area contributed by atoms with Crippen molar-refractivity contribution in [1.29, 1.82) is 0 Å². The van der Waals surface area contributed by atoms with Crippen LogP contribution in [0.25, 0.3) is 0 Å². The normalized spacial score (nSPS) is 12.1. The Morgan fingerprint density at radius 1 is 1.16 bits per heavy atom. The topological polar surface area (TPSA) is 108 Å². The lowest BCUT2D eigenvalue weighted by Crippen LogP contribution is -2.25. The van der Waals surface area contributed by atoms with Crippen molar-refractivity contribution in [3.05, 3.63) is 67.1 Å². The smallest absolute Gasteiger partial charge is 0.358 e. The van der Waals surface area contributed by atoms with Gasteiger partial charge in [-0.15, -0.1) is 0 Å². The van der Waals surface area contributed by atoms with Crippen molar-refractivity contribution in [3.8, 4) is 0 Å². The van der Waals surface area contributed by atoms with Crippen LogP contribution in [-0.4, -0.2) is 30.4 Å². The number of carbonyl (C=O) groups is 1. The Morgan fingerprint density at radius 2 is 1.87 bits per heavy atom. The molecular formula is C20H22Cl2N6O3. The van der Waals surface area contributed by atoms with Crippen LogP contribution in [0, 0.1) is 36.8 Å². The van der Waals surface area contributed by atoms with Crippen LogP contribution in [0.15, 0.2) is 24.3 Å². The fourth-order valence-electron chi connectivity index (χ4n) is 3.20. The summed E-state index contributed by atoms with van der Waals surface area (Å²) in [5.41, 5.74) is 3.68. The van der Waals surface area contributed by atoms with Crippen molar-refractivity contribution >= 4 is 40.6 Å². The van der Waals surface area contributed by atoms with Crippen LogP contribution in [0.1, 0.15) is 29.6 Å². The average molecular weight is 465 g/mol. The highest BCUT2D eigenvalue weighted by atomic mass is 35.5. The highest BCUT2D eigenvalue weighted by Gasteiger charge is 2.23. The second-order valence-corrected chi connectivity index (χ2v) is 8.24. The van der Waals surface area contributed by atoms with E-state index in [9.17, 15) is 14.9 Å². The zero-order valence-electron chi connectivity index (χ0n) is 17.5. The molecule has 2 aromatic heterocycles. The third kappa shape index (κ3) is 5.05. The Kier molecular flexibility index (Phi) is 6.66. The summed E-state index contributed by atoms with van der Waals surface area (Å²) in [7, 11) is 0. The Bertz CT molecular complexity index is 1150. The standard InChI is InChI=1S/C20H22Cl2N6O3/c1-11(9-26-12(2)7-18(25-26)28(30)31)20(29)23-19-13(3)24-27(14(19)4)10-15-5-6-16(21)17(22)8-15/h5-8,11H,9-10H2,1-4H3,(H,23,29). The second-order valence-electron chi connectivity index (χ2n) is 7.43. The number of halogens is 2. The van der Waals surface area contributed by atoms with E-state index in [0.717, 1.165) is 11.3 Å². The minimum absolute atomic E-state index is 0.223. The molecule has 2 heterocycles. The van der Waals surface area contributed by atoms with Gasteiger partial charge < -0.3 is 15.4 Å². The molecule has 0 aliphatic heterocycles. The molecule has 31 heavy (non-hydrogen) atoms. The fraction of sp³-hybridized carbons (Fsp3) is 0.350. The number of nitro groups is 1. The Balaban J connectivity index is 1.72. The SMILES string of the molecule is Cc1nn(Cc2ccc(Cl)c(Cl)c2)c(C)c1NC(=O)C(C)Cn1nc([N+](=O)[O-])cc1C. The number of benzene rings is 1. The Labute approximate surface area is 189 Å². The van der Waals surface area contributed by atoms with Crippen LogP contribution in [0.4, 0.5) is 11.5 Å². The highest BCUT2D eigenvalue weighted by Crippen LogP contribution is 2.25. The minimum Gasteiger partial charge on any atom is -0.358 e. The van der Waals surface area contributed by atoms with Gasteiger partial charge in [-0.2, -0.15) is 9.78 Å². The lowest BCUT2D eigenvalue weighted by Gasteiger charge is -2.12. The molecule has 0 radical (unpaired) electrons. The van der Waals surface area contributed by atoms with Gasteiger partial charge in [0.2, 0.25) is 5.91 Å². The number of nitrogens with one attached hydrogen (secondary N) is 1. The summed E-state index contributed by atoms with van der Waals surface area (Å²) >= 11 is 12.1. The van der Waals surface area contributed by atoms with E-state index in [1.54, 1.807) is 30.7 Å². The van der Waals surface area contributed by atoms with E-state index in [-0.39, 0.29) is 18.3 Å². The molecule has 0 spiro atoms. The summed E-state index contributed by atoms with van der Waals surface area (Å²) in [5, 5.41) is 23.2. The van der Waals surface area contributed by atoms with Gasteiger partial charge >= 0.3 is 5.82 Å². The monoisotopic (exact) mass is 464 g/mol. The largest absolute Gasteiger partial charge is 0.390 e. The first-order chi connectivity index (χ1) is 14.6. The number of rotatable bonds is 7. The molecule has 0 aliphatic rings. The van der Waals surface area contributed by atoms with E-state index in [2.05, 4.69) is 15.5 Å². The Morgan fingerprint density at radius 3 is 2.48 bits per heavy atom. The summed E-state index contributed by atoms with van der Waals surface area (Å²) in [4.78, 5) is 23.1. The van der Waals surface area contributed by atoms with Crippen LogP contribution in [0.3, 0.4) is 0 Å². The van der Waals surface area contributed by atoms with Crippen molar-refractivity contribution in [1.82, 2.24) is 19.6 Å². The molecule has 1 atom stereocenters. The van der Waals surface area contributed by atoms with Gasteiger partial charge in [0.25, 0.3) is 0 Å². The van der Waals surface area contributed by atoms with E-state index < -0.39 is 10.8 Å². The van der Waals surface area contributed by atoms with Crippen molar-refractivity contribution in [2.75, 3.05) is 5.32 Å². The molecule has 0 saturated heterocycles. The number of hydrogen-bond acceptors (Lipinski definition) is 5. The van der Waals surface area contributed by atoms with Gasteiger partial charge in [-0.25, -0.2) is 0 Å². The molecule has 1 N–H and O–H groups in total. The van der Waals surface area contributed by atoms with E-state index >= 15 is 0 Å². The van der Waals surface area contributed by atoms with Crippen LogP contribution in [-0.2, 0) is 17.9 Å². The lowest BCUT2D eigenvalue weighted by molar-refractivity contribution is -0.389. The van der Waals surface area contributed by atoms with Crippen molar-refractivity contribution < 1.29 is 9.72 Å². The molecule has 1 unspecified atom stereocenters. The average Bonchev–Trinajstić information content (AvgIpc) is 3.19. The van der Waals surface area contributed by atoms with Crippen LogP contribution < -0.4 is 5.32 Å². The lowest BCUT2D eigenvalue weighted by atomic mass is 10.1. The summed E-state index contributed by atoms with van der Waals surface area (Å²) < 4.78 is 3.26. The molecule has 1 aromatic carbocycles. The molecule has 3 aromatic rings. The van der Waals surface area contributed by atoms with Crippen LogP contribution in [0.5, 0.6) is 0 Å². The van der Waals surface area contributed by atoms with Crippen molar-refractivity contribution in [3.63, 3.8) is 0 Å². The summed E-state index contributed by atoms with van der Waals surface area (Å²) in [6.07, 6.45) is 0. The second kappa shape index (κ2) is 9.07. The Hall–Kier alpha value is -2.91. The number of carbonyl (C=O) groups excluding carboxylic acids is 1. The zero-order chi connectivity index (χ0) is 22.9. The molecule has 11 heteroatoms. The number of hydrogen-bond donors (Lipinski definition) is 1. The van der Waals surface area contributed by atoms with Gasteiger partial charge in [0, 0.05) is 0 Å². The molecule has 164 valence electrons. The number of anilines is 1. The highest BCUT2D eigenvalue weighted by molar-refractivity contribution is 6.42. The number of aryl methyl sites for hydroxylation is 2. The molecule has 0 aliphatic carbocycles. The first kappa shape index (κ1) is 22.8. The zero-order valence-corrected chi connectivity index (χ0v) is 19.0. The maximum Gasteiger partial charge on any atom is 0.390 e. The van der Waals surface area contributed by atoms with Gasteiger partial charge in [-0.05, 0) is 43.4 Å². The molecular weight excluding hydrogens is 443 g/mol. The van der Waals surface area contributed by atoms with Gasteiger partial charge in [0.15, 0.2) is 0 Å². The maximum absolute atomic E-state index is 12.8. The third-order valence-corrected chi connectivity index (χ3v) is 5.73. The first-order valence-electron chi connectivity index (χ1n) is 9.54. The van der Waals surface area contributed by atoms with E-state index in [4.69, 9.17) is 23.2 Å². The predicted molar refractivity (Wildman–Crippen MR) is 119 cm³/mol. The fourth-order valence-corrected chi connectivity index (χ4v) is 3.52. The van der Waals surface area contributed by atoms with Gasteiger partial charge in [-0.3, -0.25) is 9.48 Å². The van der Waals surface area contributed by atoms with Gasteiger partial charge in [0.05, 0.1) is 63.0 Å². The molecule has 0 fully saturated rings. The number of amides is 1. The van der Waals surface area contributed by atoms with Crippen LogP contribution >= 0.6 is 23.2 Å². The molecule has 3 rings (SSSR count). The summed E-state index contributed by atoms with van der Waals surface area (Å²) in [6, 6.07) is 6.77. The molecule has 0 saturated carbocycles. The summed E-state index contributed by atoms with van der Waals surface area (Å²) in [6.45, 7) is 7.85. The maximum atomic E-state index is 12.8. The molecule has 9 nitrogen and oxygen atoms in total. The quantitative estimate of drug-likeness (QED) is 0.407. The number of aromatic nitrogens is 4. The van der Waals surface area contributed by atoms with E-state index in [1.807, 2.05) is 19.9 Å². The van der Waals surface area contributed by atoms with Gasteiger partial charge in [0.1, 0.15) is 0 Å². The van der Waals surface area contributed by atoms with E-state index in [1.165, 1.54) is 10.7 Å². The van der Waals surface area contributed by atoms with E-state index in [0.29, 0.717) is 33.7 Å². The van der Waals surface area contributed by atoms with Crippen molar-refractivity contribution in [2.24, 2.45) is 5.92 Å². The van der Waals surface area contributed by atoms with Gasteiger partial charge in [-0.1, -0.05) is 36.2 Å². The van der Waals surface area contributed by atoms with Crippen LogP contribution in [0.2, 0.25) is 10.0 Å². The predicted octanol–water partition coefficient (Wildman–Crippen LogP) is 4.54. The number of nitrogens with zero attached hydrogens (tertiary/aromatic N) is 5.